The monoisotopic (exact) mass is 484 g/mol. The van der Waals surface area contributed by atoms with E-state index in [1.165, 1.54) is 4.88 Å². The molecule has 6 nitrogen and oxygen atoms in total. The number of amides is 2. The standard InChI is InChI=1S/C27H36N2O4S/c1-19(2)15-26(30)28(16-21-8-6-13-32-21)17-27(31)29-12-10-25-22(11-14-34-25)23(29)18-33-24-9-5-4-7-20(24)3/h4-5,7,9,11,14,19,21,23H,6,8,10,12-13,15-18H2,1-3H3/t21-,23-/m0/s1. The molecule has 0 saturated carbocycles. The summed E-state index contributed by atoms with van der Waals surface area (Å²) in [5.74, 6) is 1.09. The molecule has 34 heavy (non-hydrogen) atoms. The van der Waals surface area contributed by atoms with Crippen LogP contribution < -0.4 is 4.74 Å². The molecule has 0 aliphatic carbocycles. The molecule has 1 saturated heterocycles. The van der Waals surface area contributed by atoms with Crippen LogP contribution in [0, 0.1) is 12.8 Å². The van der Waals surface area contributed by atoms with Crippen LogP contribution >= 0.6 is 11.3 Å². The number of nitrogens with zero attached hydrogens (tertiary/aromatic N) is 2. The van der Waals surface area contributed by atoms with Crippen molar-refractivity contribution in [1.82, 2.24) is 9.80 Å². The van der Waals surface area contributed by atoms with E-state index in [0.29, 0.717) is 26.1 Å². The fourth-order valence-corrected chi connectivity index (χ4v) is 5.71. The van der Waals surface area contributed by atoms with Crippen molar-refractivity contribution in [2.45, 2.75) is 58.6 Å². The van der Waals surface area contributed by atoms with Gasteiger partial charge >= 0.3 is 0 Å². The van der Waals surface area contributed by atoms with Gasteiger partial charge in [0.15, 0.2) is 0 Å². The van der Waals surface area contributed by atoms with Crippen LogP contribution in [0.1, 0.15) is 55.2 Å². The van der Waals surface area contributed by atoms with Gasteiger partial charge in [0, 0.05) is 31.0 Å². The summed E-state index contributed by atoms with van der Waals surface area (Å²) in [4.78, 5) is 31.6. The van der Waals surface area contributed by atoms with Gasteiger partial charge in [-0.1, -0.05) is 32.0 Å². The van der Waals surface area contributed by atoms with E-state index in [0.717, 1.165) is 42.7 Å². The molecule has 1 fully saturated rings. The molecule has 184 valence electrons. The maximum atomic E-state index is 13.6. The number of carbonyl (C=O) groups is 2. The number of hydrogen-bond donors (Lipinski definition) is 0. The van der Waals surface area contributed by atoms with E-state index in [-0.39, 0.29) is 36.4 Å². The molecule has 0 bridgehead atoms. The number of carbonyl (C=O) groups excluding carboxylic acids is 2. The van der Waals surface area contributed by atoms with Crippen LogP contribution in [0.3, 0.4) is 0 Å². The lowest BCUT2D eigenvalue weighted by Crippen LogP contribution is -2.49. The second-order valence-corrected chi connectivity index (χ2v) is 10.7. The predicted molar refractivity (Wildman–Crippen MR) is 134 cm³/mol. The number of hydrogen-bond acceptors (Lipinski definition) is 5. The lowest BCUT2D eigenvalue weighted by atomic mass is 10.00. The molecular formula is C27H36N2O4S. The number of para-hydroxylation sites is 1. The van der Waals surface area contributed by atoms with Crippen LogP contribution in [0.4, 0.5) is 0 Å². The number of rotatable bonds is 9. The van der Waals surface area contributed by atoms with E-state index in [9.17, 15) is 9.59 Å². The first-order valence-corrected chi connectivity index (χ1v) is 13.2. The summed E-state index contributed by atoms with van der Waals surface area (Å²) < 4.78 is 12.0. The second kappa shape index (κ2) is 11.4. The molecule has 7 heteroatoms. The van der Waals surface area contributed by atoms with Crippen molar-refractivity contribution in [3.8, 4) is 5.75 Å². The lowest BCUT2D eigenvalue weighted by Gasteiger charge is -2.37. The number of benzene rings is 1. The molecule has 0 spiro atoms. The Kier molecular flexibility index (Phi) is 8.27. The topological polar surface area (TPSA) is 59.1 Å². The molecule has 0 radical (unpaired) electrons. The van der Waals surface area contributed by atoms with Crippen LogP contribution in [0.25, 0.3) is 0 Å². The van der Waals surface area contributed by atoms with Gasteiger partial charge in [-0.25, -0.2) is 0 Å². The van der Waals surface area contributed by atoms with Gasteiger partial charge in [0.2, 0.25) is 11.8 Å². The molecule has 2 atom stereocenters. The molecule has 1 aromatic carbocycles. The first kappa shape index (κ1) is 24.7. The SMILES string of the molecule is Cc1ccccc1OC[C@H]1c2ccsc2CCN1C(=O)CN(C[C@@H]1CCCO1)C(=O)CC(C)C. The largest absolute Gasteiger partial charge is 0.491 e. The second-order valence-electron chi connectivity index (χ2n) is 9.74. The van der Waals surface area contributed by atoms with Crippen molar-refractivity contribution in [3.63, 3.8) is 0 Å². The van der Waals surface area contributed by atoms with Gasteiger partial charge in [0.05, 0.1) is 18.7 Å². The van der Waals surface area contributed by atoms with Crippen molar-refractivity contribution < 1.29 is 19.1 Å². The van der Waals surface area contributed by atoms with Gasteiger partial charge < -0.3 is 19.3 Å². The van der Waals surface area contributed by atoms with Crippen molar-refractivity contribution in [2.24, 2.45) is 5.92 Å². The Hall–Kier alpha value is -2.38. The Morgan fingerprint density at radius 3 is 2.82 bits per heavy atom. The molecule has 2 amide bonds. The van der Waals surface area contributed by atoms with Crippen LogP contribution in [0.15, 0.2) is 35.7 Å². The summed E-state index contributed by atoms with van der Waals surface area (Å²) in [6.07, 6.45) is 3.25. The zero-order chi connectivity index (χ0) is 24.1. The first-order valence-electron chi connectivity index (χ1n) is 12.4. The molecule has 2 aromatic rings. The van der Waals surface area contributed by atoms with Crippen LogP contribution in [-0.2, 0) is 20.7 Å². The lowest BCUT2D eigenvalue weighted by molar-refractivity contribution is -0.144. The number of fused-ring (bicyclic) bond motifs is 1. The third kappa shape index (κ3) is 5.99. The van der Waals surface area contributed by atoms with E-state index in [4.69, 9.17) is 9.47 Å². The third-order valence-electron chi connectivity index (χ3n) is 6.62. The fourth-order valence-electron chi connectivity index (χ4n) is 4.78. The number of aryl methyl sites for hydroxylation is 1. The number of ether oxygens (including phenoxy) is 2. The quantitative estimate of drug-likeness (QED) is 0.521. The van der Waals surface area contributed by atoms with Gasteiger partial charge in [-0.05, 0) is 60.7 Å². The Morgan fingerprint density at radius 1 is 1.26 bits per heavy atom. The Morgan fingerprint density at radius 2 is 2.09 bits per heavy atom. The summed E-state index contributed by atoms with van der Waals surface area (Å²) in [6, 6.07) is 9.90. The Bertz CT molecular complexity index is 983. The molecular weight excluding hydrogens is 448 g/mol. The van der Waals surface area contributed by atoms with E-state index in [1.54, 1.807) is 16.2 Å². The van der Waals surface area contributed by atoms with Gasteiger partial charge in [-0.2, -0.15) is 0 Å². The summed E-state index contributed by atoms with van der Waals surface area (Å²) in [5.41, 5.74) is 2.24. The van der Waals surface area contributed by atoms with E-state index in [2.05, 4.69) is 11.4 Å². The normalized spacial score (nSPS) is 19.8. The average molecular weight is 485 g/mol. The third-order valence-corrected chi connectivity index (χ3v) is 7.61. The highest BCUT2D eigenvalue weighted by Gasteiger charge is 2.34. The molecule has 0 unspecified atom stereocenters. The van der Waals surface area contributed by atoms with Crippen molar-refractivity contribution >= 4 is 23.2 Å². The minimum Gasteiger partial charge on any atom is -0.491 e. The fraction of sp³-hybridized carbons (Fsp3) is 0.556. The van der Waals surface area contributed by atoms with E-state index in [1.807, 2.05) is 49.9 Å². The van der Waals surface area contributed by atoms with Crippen LogP contribution in [-0.4, -0.2) is 60.6 Å². The maximum Gasteiger partial charge on any atom is 0.242 e. The highest BCUT2D eigenvalue weighted by molar-refractivity contribution is 7.10. The predicted octanol–water partition coefficient (Wildman–Crippen LogP) is 4.62. The van der Waals surface area contributed by atoms with Gasteiger partial charge in [-0.15, -0.1) is 11.3 Å². The van der Waals surface area contributed by atoms with Crippen molar-refractivity contribution in [2.75, 3.05) is 32.8 Å². The van der Waals surface area contributed by atoms with Gasteiger partial charge in [0.1, 0.15) is 12.4 Å². The minimum absolute atomic E-state index is 0.0222. The summed E-state index contributed by atoms with van der Waals surface area (Å²) >= 11 is 1.74. The summed E-state index contributed by atoms with van der Waals surface area (Å²) in [6.45, 7) is 8.43. The van der Waals surface area contributed by atoms with Crippen LogP contribution in [0.5, 0.6) is 5.75 Å². The van der Waals surface area contributed by atoms with Gasteiger partial charge in [0.25, 0.3) is 0 Å². The highest BCUT2D eigenvalue weighted by atomic mass is 32.1. The molecule has 3 heterocycles. The minimum atomic E-state index is -0.160. The van der Waals surface area contributed by atoms with E-state index >= 15 is 0 Å². The maximum absolute atomic E-state index is 13.6. The molecule has 2 aliphatic rings. The van der Waals surface area contributed by atoms with Gasteiger partial charge in [-0.3, -0.25) is 9.59 Å². The molecule has 1 aromatic heterocycles. The molecule has 2 aliphatic heterocycles. The average Bonchev–Trinajstić information content (AvgIpc) is 3.49. The first-order chi connectivity index (χ1) is 16.4. The zero-order valence-electron chi connectivity index (χ0n) is 20.5. The Labute approximate surface area is 206 Å². The summed E-state index contributed by atoms with van der Waals surface area (Å²) in [5, 5.41) is 2.09. The van der Waals surface area contributed by atoms with Crippen molar-refractivity contribution in [3.05, 3.63) is 51.7 Å². The highest BCUT2D eigenvalue weighted by Crippen LogP contribution is 2.34. The molecule has 4 rings (SSSR count). The van der Waals surface area contributed by atoms with Crippen molar-refractivity contribution in [1.29, 1.82) is 0 Å². The Balaban J connectivity index is 1.50. The smallest absolute Gasteiger partial charge is 0.242 e. The van der Waals surface area contributed by atoms with Crippen LogP contribution in [0.2, 0.25) is 0 Å². The number of thiophene rings is 1. The zero-order valence-corrected chi connectivity index (χ0v) is 21.3. The summed E-state index contributed by atoms with van der Waals surface area (Å²) in [7, 11) is 0. The molecule has 0 N–H and O–H groups in total. The van der Waals surface area contributed by atoms with E-state index < -0.39 is 0 Å².